The second-order valence-electron chi connectivity index (χ2n) is 7.36. The Labute approximate surface area is 179 Å². The zero-order valence-corrected chi connectivity index (χ0v) is 17.2. The van der Waals surface area contributed by atoms with Gasteiger partial charge in [0.15, 0.2) is 11.5 Å². The van der Waals surface area contributed by atoms with Gasteiger partial charge in [-0.15, -0.1) is 15.3 Å². The predicted molar refractivity (Wildman–Crippen MR) is 110 cm³/mol. The third-order valence-corrected chi connectivity index (χ3v) is 5.65. The fourth-order valence-electron chi connectivity index (χ4n) is 4.06. The van der Waals surface area contributed by atoms with Gasteiger partial charge in [-0.2, -0.15) is 4.52 Å². The van der Waals surface area contributed by atoms with Crippen LogP contribution in [0.5, 0.6) is 0 Å². The summed E-state index contributed by atoms with van der Waals surface area (Å²) < 4.78 is 29.6. The van der Waals surface area contributed by atoms with Crippen LogP contribution in [0.1, 0.15) is 45.5 Å². The predicted octanol–water partition coefficient (Wildman–Crippen LogP) is 3.69. The molecule has 1 aliphatic rings. The molecule has 0 radical (unpaired) electrons. The van der Waals surface area contributed by atoms with Crippen LogP contribution in [0.25, 0.3) is 5.65 Å². The number of nitrogens with zero attached hydrogens (tertiary/aromatic N) is 6. The van der Waals surface area contributed by atoms with Crippen LogP contribution in [0, 0.1) is 6.92 Å². The molecule has 1 aliphatic heterocycles. The van der Waals surface area contributed by atoms with Crippen LogP contribution >= 0.6 is 11.6 Å². The zero-order chi connectivity index (χ0) is 22.0. The largest absolute Gasteiger partial charge is 0.397 e. The highest BCUT2D eigenvalue weighted by molar-refractivity contribution is 6.30. The van der Waals surface area contributed by atoms with Crippen LogP contribution < -0.4 is 10.6 Å². The topological polar surface area (TPSA) is 94.3 Å². The zero-order valence-electron chi connectivity index (χ0n) is 16.4. The Morgan fingerprint density at radius 3 is 2.58 bits per heavy atom. The van der Waals surface area contributed by atoms with Crippen molar-refractivity contribution in [1.82, 2.24) is 24.4 Å². The summed E-state index contributed by atoms with van der Waals surface area (Å²) in [6.07, 6.45) is -1.19. The molecule has 5 rings (SSSR count). The molecule has 0 saturated carbocycles. The van der Waals surface area contributed by atoms with Crippen molar-refractivity contribution in [2.24, 2.45) is 7.05 Å². The maximum Gasteiger partial charge on any atom is 0.299 e. The molecule has 0 spiro atoms. The van der Waals surface area contributed by atoms with Gasteiger partial charge in [0.1, 0.15) is 6.04 Å². The van der Waals surface area contributed by atoms with Gasteiger partial charge >= 0.3 is 0 Å². The number of benzene rings is 1. The van der Waals surface area contributed by atoms with Gasteiger partial charge in [0.25, 0.3) is 12.3 Å². The molecule has 2 N–H and O–H groups in total. The maximum atomic E-state index is 13.5. The molecular weight excluding hydrogens is 428 g/mol. The van der Waals surface area contributed by atoms with E-state index in [0.717, 1.165) is 10.1 Å². The number of fused-ring (bicyclic) bond motifs is 2. The summed E-state index contributed by atoms with van der Waals surface area (Å²) in [4.78, 5) is 14.9. The Balaban J connectivity index is 1.75. The molecule has 1 aromatic carbocycles. The van der Waals surface area contributed by atoms with E-state index in [-0.39, 0.29) is 17.4 Å². The van der Waals surface area contributed by atoms with E-state index in [0.29, 0.717) is 27.5 Å². The highest BCUT2D eigenvalue weighted by Crippen LogP contribution is 2.44. The van der Waals surface area contributed by atoms with E-state index in [1.54, 1.807) is 55.1 Å². The molecule has 0 bridgehead atoms. The minimum atomic E-state index is -2.87. The highest BCUT2D eigenvalue weighted by atomic mass is 35.5. The number of aromatic nitrogens is 5. The SMILES string of the molecule is Cc1cc(N2C(=O)c3c(N)cn(C)c3C2c2ccc(Cl)cc2)nn2c(C(F)F)nnc12. The molecule has 158 valence electrons. The van der Waals surface area contributed by atoms with Crippen molar-refractivity contribution in [2.75, 3.05) is 10.6 Å². The Bertz CT molecular complexity index is 1350. The number of nitrogens with two attached hydrogens (primary N) is 1. The lowest BCUT2D eigenvalue weighted by Gasteiger charge is -2.26. The first-order chi connectivity index (χ1) is 14.8. The van der Waals surface area contributed by atoms with Gasteiger partial charge in [0.2, 0.25) is 5.82 Å². The molecule has 0 fully saturated rings. The molecule has 0 saturated heterocycles. The molecule has 4 heterocycles. The van der Waals surface area contributed by atoms with Gasteiger partial charge in [-0.25, -0.2) is 8.78 Å². The molecular formula is C20H16ClF2N7O. The maximum absolute atomic E-state index is 13.5. The number of aryl methyl sites for hydroxylation is 2. The number of nitrogen functional groups attached to an aromatic ring is 1. The van der Waals surface area contributed by atoms with E-state index < -0.39 is 18.3 Å². The number of rotatable bonds is 3. The highest BCUT2D eigenvalue weighted by Gasteiger charge is 2.43. The number of amides is 1. The quantitative estimate of drug-likeness (QED) is 0.521. The molecule has 4 aromatic rings. The number of halogens is 3. The molecule has 1 atom stereocenters. The Hall–Kier alpha value is -3.53. The molecule has 1 amide bonds. The fraction of sp³-hybridized carbons (Fsp3) is 0.200. The van der Waals surface area contributed by atoms with Crippen molar-refractivity contribution in [1.29, 1.82) is 0 Å². The van der Waals surface area contributed by atoms with E-state index in [9.17, 15) is 13.6 Å². The molecule has 11 heteroatoms. The van der Waals surface area contributed by atoms with Crippen molar-refractivity contribution in [3.8, 4) is 0 Å². The fourth-order valence-corrected chi connectivity index (χ4v) is 4.18. The summed E-state index contributed by atoms with van der Waals surface area (Å²) in [5.41, 5.74) is 9.02. The number of alkyl halides is 2. The van der Waals surface area contributed by atoms with Gasteiger partial charge < -0.3 is 10.3 Å². The monoisotopic (exact) mass is 443 g/mol. The lowest BCUT2D eigenvalue weighted by atomic mass is 10.0. The third-order valence-electron chi connectivity index (χ3n) is 5.40. The lowest BCUT2D eigenvalue weighted by molar-refractivity contribution is 0.0993. The summed E-state index contributed by atoms with van der Waals surface area (Å²) in [6, 6.07) is 8.11. The molecule has 0 aliphatic carbocycles. The minimum absolute atomic E-state index is 0.187. The van der Waals surface area contributed by atoms with Crippen LogP contribution in [0.4, 0.5) is 20.3 Å². The van der Waals surface area contributed by atoms with Gasteiger partial charge in [0, 0.05) is 18.3 Å². The average molecular weight is 444 g/mol. The van der Waals surface area contributed by atoms with Crippen LogP contribution in [0.3, 0.4) is 0 Å². The lowest BCUT2D eigenvalue weighted by Crippen LogP contribution is -2.31. The molecule has 1 unspecified atom stereocenters. The van der Waals surface area contributed by atoms with Gasteiger partial charge in [-0.3, -0.25) is 9.69 Å². The van der Waals surface area contributed by atoms with Crippen LogP contribution in [-0.2, 0) is 7.05 Å². The summed E-state index contributed by atoms with van der Waals surface area (Å²) >= 11 is 6.05. The number of hydrogen-bond acceptors (Lipinski definition) is 5. The van der Waals surface area contributed by atoms with Gasteiger partial charge in [-0.1, -0.05) is 23.7 Å². The number of hydrogen-bond donors (Lipinski definition) is 1. The number of carbonyl (C=O) groups excluding carboxylic acids is 1. The average Bonchev–Trinajstić information content (AvgIpc) is 3.36. The summed E-state index contributed by atoms with van der Waals surface area (Å²) in [6.45, 7) is 1.70. The first-order valence-electron chi connectivity index (χ1n) is 9.32. The summed E-state index contributed by atoms with van der Waals surface area (Å²) in [5.74, 6) is -0.773. The molecule has 3 aromatic heterocycles. The summed E-state index contributed by atoms with van der Waals surface area (Å²) in [7, 11) is 1.80. The number of anilines is 2. The third kappa shape index (κ3) is 2.78. The van der Waals surface area contributed by atoms with Crippen molar-refractivity contribution in [3.63, 3.8) is 0 Å². The first-order valence-corrected chi connectivity index (χ1v) is 9.70. The van der Waals surface area contributed by atoms with E-state index >= 15 is 0 Å². The standard InChI is InChI=1S/C20H16ClF2N7O/c1-9-7-13(27-30-18(9)25-26-19(30)17(22)23)29-15(10-3-5-11(21)6-4-10)16-14(20(29)31)12(24)8-28(16)2/h3-8,15,17H,24H2,1-2H3. The van der Waals surface area contributed by atoms with E-state index in [1.807, 2.05) is 0 Å². The molecule has 31 heavy (non-hydrogen) atoms. The first kappa shape index (κ1) is 19.4. The van der Waals surface area contributed by atoms with Gasteiger partial charge in [-0.05, 0) is 36.2 Å². The van der Waals surface area contributed by atoms with Crippen LogP contribution in [-0.4, -0.2) is 30.3 Å². The normalized spacial score (nSPS) is 16.0. The Kier molecular flexibility index (Phi) is 4.23. The van der Waals surface area contributed by atoms with E-state index in [2.05, 4.69) is 15.3 Å². The second-order valence-corrected chi connectivity index (χ2v) is 7.80. The van der Waals surface area contributed by atoms with E-state index in [4.69, 9.17) is 17.3 Å². The Morgan fingerprint density at radius 2 is 1.90 bits per heavy atom. The van der Waals surface area contributed by atoms with Crippen molar-refractivity contribution in [3.05, 3.63) is 69.8 Å². The number of carbonyl (C=O) groups is 1. The van der Waals surface area contributed by atoms with Crippen molar-refractivity contribution in [2.45, 2.75) is 19.4 Å². The second kappa shape index (κ2) is 6.74. The van der Waals surface area contributed by atoms with Crippen LogP contribution in [0.2, 0.25) is 5.02 Å². The smallest absolute Gasteiger partial charge is 0.299 e. The summed E-state index contributed by atoms with van der Waals surface area (Å²) in [5, 5.41) is 12.2. The van der Waals surface area contributed by atoms with Crippen LogP contribution in [0.15, 0.2) is 36.5 Å². The van der Waals surface area contributed by atoms with E-state index in [1.165, 1.54) is 4.90 Å². The Morgan fingerprint density at radius 1 is 1.19 bits per heavy atom. The van der Waals surface area contributed by atoms with Gasteiger partial charge in [0.05, 0.1) is 16.9 Å². The minimum Gasteiger partial charge on any atom is -0.397 e. The van der Waals surface area contributed by atoms with Crippen molar-refractivity contribution >= 4 is 34.7 Å². The molecule has 8 nitrogen and oxygen atoms in total. The van der Waals surface area contributed by atoms with Crippen molar-refractivity contribution < 1.29 is 13.6 Å².